The fourth-order valence-electron chi connectivity index (χ4n) is 1.27. The lowest BCUT2D eigenvalue weighted by molar-refractivity contribution is 0.0821. The van der Waals surface area contributed by atoms with Gasteiger partial charge in [-0.15, -0.1) is 0 Å². The van der Waals surface area contributed by atoms with Gasteiger partial charge in [0.25, 0.3) is 5.91 Å². The fraction of sp³-hybridized carbons (Fsp3) is 0.200. The monoisotopic (exact) mass is 189 g/mol. The van der Waals surface area contributed by atoms with Crippen molar-refractivity contribution in [1.82, 2.24) is 14.5 Å². The number of rotatable bonds is 1. The van der Waals surface area contributed by atoms with E-state index in [1.165, 1.54) is 4.90 Å². The third-order valence-electron chi connectivity index (χ3n) is 2.00. The van der Waals surface area contributed by atoms with Crippen molar-refractivity contribution in [3.63, 3.8) is 0 Å². The highest BCUT2D eigenvalue weighted by Crippen LogP contribution is 2.06. The van der Waals surface area contributed by atoms with Crippen LogP contribution in [0.2, 0.25) is 0 Å². The first-order chi connectivity index (χ1) is 6.68. The van der Waals surface area contributed by atoms with E-state index in [0.717, 1.165) is 5.52 Å². The van der Waals surface area contributed by atoms with E-state index in [4.69, 9.17) is 0 Å². The molecule has 4 nitrogen and oxygen atoms in total. The fourth-order valence-corrected chi connectivity index (χ4v) is 1.27. The molecule has 0 fully saturated rings. The first kappa shape index (κ1) is 8.74. The van der Waals surface area contributed by atoms with Crippen molar-refractivity contribution in [1.29, 1.82) is 0 Å². The van der Waals surface area contributed by atoms with Gasteiger partial charge in [0.2, 0.25) is 0 Å². The number of pyridine rings is 1. The van der Waals surface area contributed by atoms with Crippen molar-refractivity contribution in [2.45, 2.75) is 0 Å². The summed E-state index contributed by atoms with van der Waals surface area (Å²) in [5.41, 5.74) is 1.40. The first-order valence-electron chi connectivity index (χ1n) is 4.34. The number of hydrogen-bond donors (Lipinski definition) is 0. The lowest BCUT2D eigenvalue weighted by Crippen LogP contribution is -2.22. The number of carbonyl (C=O) groups is 1. The maximum atomic E-state index is 11.6. The molecule has 2 heterocycles. The molecule has 2 aromatic rings. The molecular formula is C10H11N3O. The van der Waals surface area contributed by atoms with Crippen LogP contribution in [-0.4, -0.2) is 34.5 Å². The van der Waals surface area contributed by atoms with Crippen LogP contribution in [-0.2, 0) is 0 Å². The molecule has 0 saturated heterocycles. The van der Waals surface area contributed by atoms with Crippen LogP contribution in [0.1, 0.15) is 10.5 Å². The highest BCUT2D eigenvalue weighted by molar-refractivity contribution is 5.93. The van der Waals surface area contributed by atoms with Gasteiger partial charge in [-0.05, 0) is 18.2 Å². The number of nitrogens with zero attached hydrogens (tertiary/aromatic N) is 3. The zero-order valence-electron chi connectivity index (χ0n) is 8.14. The van der Waals surface area contributed by atoms with E-state index in [0.29, 0.717) is 5.69 Å². The minimum atomic E-state index is -0.0753. The van der Waals surface area contributed by atoms with Gasteiger partial charge in [0.1, 0.15) is 0 Å². The van der Waals surface area contributed by atoms with Crippen LogP contribution in [0.15, 0.2) is 30.5 Å². The Hall–Kier alpha value is -1.84. The Labute approximate surface area is 81.8 Å². The number of hydrogen-bond acceptors (Lipinski definition) is 2. The van der Waals surface area contributed by atoms with Gasteiger partial charge in [-0.3, -0.25) is 4.79 Å². The zero-order valence-corrected chi connectivity index (χ0v) is 8.14. The summed E-state index contributed by atoms with van der Waals surface area (Å²) in [5, 5.41) is 4.16. The van der Waals surface area contributed by atoms with E-state index in [1.807, 2.05) is 24.4 Å². The Balaban J connectivity index is 2.50. The maximum Gasteiger partial charge on any atom is 0.273 e. The van der Waals surface area contributed by atoms with E-state index < -0.39 is 0 Å². The van der Waals surface area contributed by atoms with Gasteiger partial charge in [-0.25, -0.2) is 4.52 Å². The summed E-state index contributed by atoms with van der Waals surface area (Å²) in [5.74, 6) is -0.0753. The quantitative estimate of drug-likeness (QED) is 0.672. The minimum absolute atomic E-state index is 0.0753. The second-order valence-electron chi connectivity index (χ2n) is 3.30. The van der Waals surface area contributed by atoms with Gasteiger partial charge >= 0.3 is 0 Å². The lowest BCUT2D eigenvalue weighted by atomic mass is 10.3. The Morgan fingerprint density at radius 2 is 2.21 bits per heavy atom. The first-order valence-corrected chi connectivity index (χ1v) is 4.34. The van der Waals surface area contributed by atoms with E-state index in [1.54, 1.807) is 24.7 Å². The molecule has 72 valence electrons. The third-order valence-corrected chi connectivity index (χ3v) is 2.00. The smallest absolute Gasteiger partial charge is 0.273 e. The van der Waals surface area contributed by atoms with Crippen molar-refractivity contribution in [2.75, 3.05) is 14.1 Å². The Morgan fingerprint density at radius 3 is 2.86 bits per heavy atom. The number of fused-ring (bicyclic) bond motifs is 1. The van der Waals surface area contributed by atoms with Crippen molar-refractivity contribution in [3.8, 4) is 0 Å². The molecule has 0 aromatic carbocycles. The molecule has 4 heteroatoms. The highest BCUT2D eigenvalue weighted by atomic mass is 16.2. The van der Waals surface area contributed by atoms with E-state index in [9.17, 15) is 4.79 Å². The van der Waals surface area contributed by atoms with Crippen LogP contribution in [0.5, 0.6) is 0 Å². The molecule has 0 unspecified atom stereocenters. The average Bonchev–Trinajstić information content (AvgIpc) is 2.59. The van der Waals surface area contributed by atoms with Gasteiger partial charge in [0.05, 0.1) is 5.52 Å². The molecular weight excluding hydrogens is 178 g/mol. The zero-order chi connectivity index (χ0) is 10.1. The summed E-state index contributed by atoms with van der Waals surface area (Å²) in [6.07, 6.45) is 1.82. The van der Waals surface area contributed by atoms with E-state index in [-0.39, 0.29) is 5.91 Å². The van der Waals surface area contributed by atoms with Crippen LogP contribution in [0.4, 0.5) is 0 Å². The summed E-state index contributed by atoms with van der Waals surface area (Å²) in [7, 11) is 3.43. The largest absolute Gasteiger partial charge is 0.343 e. The SMILES string of the molecule is CN(C)C(=O)c1cc2ccccn2n1. The summed E-state index contributed by atoms with van der Waals surface area (Å²) in [4.78, 5) is 13.1. The van der Waals surface area contributed by atoms with Gasteiger partial charge in [-0.2, -0.15) is 5.10 Å². The van der Waals surface area contributed by atoms with Gasteiger partial charge in [0, 0.05) is 20.3 Å². The number of aromatic nitrogens is 2. The summed E-state index contributed by atoms with van der Waals surface area (Å²) < 4.78 is 1.69. The highest BCUT2D eigenvalue weighted by Gasteiger charge is 2.11. The predicted octanol–water partition coefficient (Wildman–Crippen LogP) is 1.04. The lowest BCUT2D eigenvalue weighted by Gasteiger charge is -2.06. The standard InChI is InChI=1S/C10H11N3O/c1-12(2)10(14)9-7-8-5-3-4-6-13(8)11-9/h3-7H,1-2H3. The minimum Gasteiger partial charge on any atom is -0.343 e. The number of amides is 1. The van der Waals surface area contributed by atoms with Crippen molar-refractivity contribution >= 4 is 11.4 Å². The molecule has 0 radical (unpaired) electrons. The number of carbonyl (C=O) groups excluding carboxylic acids is 1. The molecule has 0 aliphatic heterocycles. The second kappa shape index (κ2) is 3.14. The molecule has 2 rings (SSSR count). The van der Waals surface area contributed by atoms with Crippen LogP contribution < -0.4 is 0 Å². The van der Waals surface area contributed by atoms with Crippen LogP contribution >= 0.6 is 0 Å². The van der Waals surface area contributed by atoms with E-state index >= 15 is 0 Å². The molecule has 2 aromatic heterocycles. The Kier molecular flexibility index (Phi) is 1.96. The third kappa shape index (κ3) is 1.35. The Morgan fingerprint density at radius 1 is 1.43 bits per heavy atom. The summed E-state index contributed by atoms with van der Waals surface area (Å²) >= 11 is 0. The van der Waals surface area contributed by atoms with E-state index in [2.05, 4.69) is 5.10 Å². The van der Waals surface area contributed by atoms with Crippen molar-refractivity contribution in [2.24, 2.45) is 0 Å². The Bertz CT molecular complexity index is 440. The van der Waals surface area contributed by atoms with Crippen LogP contribution in [0, 0.1) is 0 Å². The topological polar surface area (TPSA) is 37.6 Å². The molecule has 14 heavy (non-hydrogen) atoms. The van der Waals surface area contributed by atoms with Gasteiger partial charge < -0.3 is 4.90 Å². The van der Waals surface area contributed by atoms with Crippen molar-refractivity contribution < 1.29 is 4.79 Å². The van der Waals surface area contributed by atoms with Crippen molar-refractivity contribution in [3.05, 3.63) is 36.2 Å². The average molecular weight is 189 g/mol. The molecule has 0 saturated carbocycles. The maximum absolute atomic E-state index is 11.6. The summed E-state index contributed by atoms with van der Waals surface area (Å²) in [6.45, 7) is 0. The molecule has 1 amide bonds. The molecule has 0 N–H and O–H groups in total. The van der Waals surface area contributed by atoms with Crippen LogP contribution in [0.25, 0.3) is 5.52 Å². The van der Waals surface area contributed by atoms with Crippen LogP contribution in [0.3, 0.4) is 0 Å². The molecule has 0 aliphatic carbocycles. The van der Waals surface area contributed by atoms with Gasteiger partial charge in [-0.1, -0.05) is 6.07 Å². The van der Waals surface area contributed by atoms with Gasteiger partial charge in [0.15, 0.2) is 5.69 Å². The normalized spacial score (nSPS) is 10.4. The second-order valence-corrected chi connectivity index (χ2v) is 3.30. The summed E-state index contributed by atoms with van der Waals surface area (Å²) in [6, 6.07) is 7.49. The molecule has 0 atom stereocenters. The predicted molar refractivity (Wildman–Crippen MR) is 53.2 cm³/mol. The molecule has 0 aliphatic rings. The molecule has 0 spiro atoms. The molecule has 0 bridgehead atoms.